The van der Waals surface area contributed by atoms with Gasteiger partial charge in [-0.15, -0.1) is 0 Å². The van der Waals surface area contributed by atoms with E-state index in [-0.39, 0.29) is 0 Å². The second-order valence-electron chi connectivity index (χ2n) is 3.70. The first-order valence-corrected chi connectivity index (χ1v) is 5.40. The maximum Gasteiger partial charge on any atom is 0.148 e. The monoisotopic (exact) mass is 245 g/mol. The molecular formula is C12H10ClN4. The minimum atomic E-state index is 0.314. The lowest BCUT2D eigenvalue weighted by Gasteiger charge is -1.99. The summed E-state index contributed by atoms with van der Waals surface area (Å²) in [5.41, 5.74) is 3.07. The molecule has 2 aromatic heterocycles. The van der Waals surface area contributed by atoms with Crippen LogP contribution >= 0.6 is 11.6 Å². The third-order valence-corrected chi connectivity index (χ3v) is 2.09. The van der Waals surface area contributed by atoms with Crippen molar-refractivity contribution in [2.75, 3.05) is 0 Å². The Labute approximate surface area is 104 Å². The predicted octanol–water partition coefficient (Wildman–Crippen LogP) is 2.81. The van der Waals surface area contributed by atoms with E-state index in [2.05, 4.69) is 26.1 Å². The molecule has 0 spiro atoms. The molecule has 0 aliphatic heterocycles. The Morgan fingerprint density at radius 1 is 1.24 bits per heavy atom. The van der Waals surface area contributed by atoms with Crippen molar-refractivity contribution in [1.82, 2.24) is 19.9 Å². The fourth-order valence-electron chi connectivity index (χ4n) is 1.25. The molecular weight excluding hydrogens is 236 g/mol. The van der Waals surface area contributed by atoms with Crippen LogP contribution in [0, 0.1) is 6.20 Å². The summed E-state index contributed by atoms with van der Waals surface area (Å²) < 4.78 is 0. The predicted molar refractivity (Wildman–Crippen MR) is 66.2 cm³/mol. The summed E-state index contributed by atoms with van der Waals surface area (Å²) in [6, 6.07) is 0. The van der Waals surface area contributed by atoms with E-state index < -0.39 is 0 Å². The van der Waals surface area contributed by atoms with Gasteiger partial charge in [-0.25, -0.2) is 9.97 Å². The molecule has 0 saturated carbocycles. The van der Waals surface area contributed by atoms with Gasteiger partial charge in [0.1, 0.15) is 22.7 Å². The minimum absolute atomic E-state index is 0.314. The van der Waals surface area contributed by atoms with Crippen LogP contribution in [0.5, 0.6) is 0 Å². The van der Waals surface area contributed by atoms with Crippen molar-refractivity contribution < 1.29 is 0 Å². The van der Waals surface area contributed by atoms with Gasteiger partial charge in [-0.05, 0) is 19.9 Å². The van der Waals surface area contributed by atoms with Crippen LogP contribution in [0.15, 0.2) is 24.2 Å². The van der Waals surface area contributed by atoms with E-state index in [1.54, 1.807) is 12.4 Å². The summed E-state index contributed by atoms with van der Waals surface area (Å²) in [6.07, 6.45) is 9.41. The molecule has 0 N–H and O–H groups in total. The molecule has 0 aliphatic rings. The Bertz CT molecular complexity index is 545. The lowest BCUT2D eigenvalue weighted by atomic mass is 10.2. The summed E-state index contributed by atoms with van der Waals surface area (Å²) in [5.74, 6) is 0. The number of halogens is 1. The lowest BCUT2D eigenvalue weighted by molar-refractivity contribution is 1.13. The molecule has 0 unspecified atom stereocenters. The van der Waals surface area contributed by atoms with Crippen LogP contribution in [0.1, 0.15) is 19.5 Å². The first-order valence-electron chi connectivity index (χ1n) is 5.02. The van der Waals surface area contributed by atoms with Gasteiger partial charge in [-0.1, -0.05) is 17.2 Å². The highest BCUT2D eigenvalue weighted by molar-refractivity contribution is 6.29. The molecule has 0 aliphatic carbocycles. The number of hydrogen-bond acceptors (Lipinski definition) is 4. The average Bonchev–Trinajstić information content (AvgIpc) is 2.29. The van der Waals surface area contributed by atoms with Gasteiger partial charge in [0.05, 0.1) is 24.3 Å². The zero-order valence-electron chi connectivity index (χ0n) is 9.48. The Hall–Kier alpha value is -1.81. The average molecular weight is 246 g/mol. The van der Waals surface area contributed by atoms with E-state index in [4.69, 9.17) is 11.6 Å². The zero-order valence-corrected chi connectivity index (χ0v) is 10.2. The van der Waals surface area contributed by atoms with E-state index in [1.807, 2.05) is 19.9 Å². The van der Waals surface area contributed by atoms with Crippen LogP contribution < -0.4 is 0 Å². The molecule has 2 aromatic rings. The van der Waals surface area contributed by atoms with Gasteiger partial charge < -0.3 is 0 Å². The first kappa shape index (κ1) is 11.7. The van der Waals surface area contributed by atoms with E-state index in [0.29, 0.717) is 16.5 Å². The Kier molecular flexibility index (Phi) is 3.44. The van der Waals surface area contributed by atoms with Crippen molar-refractivity contribution in [2.24, 2.45) is 0 Å². The van der Waals surface area contributed by atoms with Gasteiger partial charge in [0.15, 0.2) is 0 Å². The smallest absolute Gasteiger partial charge is 0.148 e. The van der Waals surface area contributed by atoms with Gasteiger partial charge in [-0.2, -0.15) is 0 Å². The number of hydrogen-bond donors (Lipinski definition) is 0. The maximum absolute atomic E-state index is 5.74. The van der Waals surface area contributed by atoms with E-state index in [0.717, 1.165) is 5.69 Å². The van der Waals surface area contributed by atoms with Crippen LogP contribution in [0.25, 0.3) is 17.5 Å². The van der Waals surface area contributed by atoms with Gasteiger partial charge in [0.2, 0.25) is 0 Å². The molecule has 5 heteroatoms. The fraction of sp³-hybridized carbons (Fsp3) is 0.167. The Balaban J connectivity index is 2.32. The molecule has 2 rings (SSSR count). The fourth-order valence-corrected chi connectivity index (χ4v) is 1.39. The van der Waals surface area contributed by atoms with Crippen molar-refractivity contribution >= 4 is 17.7 Å². The number of allylic oxidation sites excluding steroid dienone is 1. The number of rotatable bonds is 2. The molecule has 17 heavy (non-hydrogen) atoms. The molecule has 0 atom stereocenters. The summed E-state index contributed by atoms with van der Waals surface area (Å²) >= 11 is 5.74. The largest absolute Gasteiger partial charge is 0.253 e. The van der Waals surface area contributed by atoms with Crippen LogP contribution in [-0.2, 0) is 0 Å². The summed E-state index contributed by atoms with van der Waals surface area (Å²) in [5, 5.41) is 0.314. The first-order chi connectivity index (χ1) is 8.15. The third-order valence-electron chi connectivity index (χ3n) is 1.91. The zero-order chi connectivity index (χ0) is 12.3. The summed E-state index contributed by atoms with van der Waals surface area (Å²) in [4.78, 5) is 16.4. The second kappa shape index (κ2) is 5.01. The van der Waals surface area contributed by atoms with Crippen molar-refractivity contribution in [3.63, 3.8) is 0 Å². The highest BCUT2D eigenvalue weighted by atomic mass is 35.5. The van der Waals surface area contributed by atoms with Gasteiger partial charge in [0, 0.05) is 0 Å². The highest BCUT2D eigenvalue weighted by Gasteiger charge is 2.03. The summed E-state index contributed by atoms with van der Waals surface area (Å²) in [6.45, 7) is 4.01. The molecule has 0 aromatic carbocycles. The van der Waals surface area contributed by atoms with Gasteiger partial charge >= 0.3 is 0 Å². The molecule has 2 heterocycles. The molecule has 0 saturated heterocycles. The quantitative estimate of drug-likeness (QED) is 0.816. The molecule has 4 nitrogen and oxygen atoms in total. The SMILES string of the molecule is CC(C)=Cc1cnc(-c2[c]ncc(Cl)n2)cn1. The van der Waals surface area contributed by atoms with E-state index in [1.165, 1.54) is 11.8 Å². The number of aromatic nitrogens is 4. The standard InChI is InChI=1S/C12H10ClN4/c1-8(2)3-9-4-16-10(6-15-9)11-5-14-7-12(13)17-11/h3-4,6-7H,1-2H3. The van der Waals surface area contributed by atoms with Crippen molar-refractivity contribution in [3.8, 4) is 11.4 Å². The lowest BCUT2D eigenvalue weighted by Crippen LogP contribution is -1.92. The topological polar surface area (TPSA) is 51.6 Å². The molecule has 1 radical (unpaired) electrons. The van der Waals surface area contributed by atoms with Crippen LogP contribution in [0.3, 0.4) is 0 Å². The van der Waals surface area contributed by atoms with Gasteiger partial charge in [0.25, 0.3) is 0 Å². The molecule has 0 bridgehead atoms. The minimum Gasteiger partial charge on any atom is -0.253 e. The second-order valence-corrected chi connectivity index (χ2v) is 4.09. The molecule has 0 fully saturated rings. The van der Waals surface area contributed by atoms with Crippen LogP contribution in [-0.4, -0.2) is 19.9 Å². The maximum atomic E-state index is 5.74. The van der Waals surface area contributed by atoms with Crippen molar-refractivity contribution in [2.45, 2.75) is 13.8 Å². The number of nitrogens with zero attached hydrogens (tertiary/aromatic N) is 4. The van der Waals surface area contributed by atoms with Crippen LogP contribution in [0.2, 0.25) is 5.15 Å². The van der Waals surface area contributed by atoms with E-state index >= 15 is 0 Å². The normalized spacial score (nSPS) is 10.1. The van der Waals surface area contributed by atoms with Gasteiger partial charge in [-0.3, -0.25) is 9.97 Å². The molecule has 85 valence electrons. The highest BCUT2D eigenvalue weighted by Crippen LogP contribution is 2.14. The Morgan fingerprint density at radius 3 is 2.65 bits per heavy atom. The van der Waals surface area contributed by atoms with Crippen LogP contribution in [0.4, 0.5) is 0 Å². The third kappa shape index (κ3) is 3.07. The molecule has 0 amide bonds. The van der Waals surface area contributed by atoms with Crippen molar-refractivity contribution in [1.29, 1.82) is 0 Å². The Morgan fingerprint density at radius 2 is 2.06 bits per heavy atom. The van der Waals surface area contributed by atoms with E-state index in [9.17, 15) is 0 Å². The summed E-state index contributed by atoms with van der Waals surface area (Å²) in [7, 11) is 0. The van der Waals surface area contributed by atoms with Crippen molar-refractivity contribution in [3.05, 3.63) is 41.2 Å².